The molecule has 0 bridgehead atoms. The second-order valence-electron chi connectivity index (χ2n) is 6.21. The average molecular weight is 299 g/mol. The summed E-state index contributed by atoms with van der Waals surface area (Å²) in [7, 11) is 1.58. The van der Waals surface area contributed by atoms with E-state index >= 15 is 0 Å². The first-order valence-electron chi connectivity index (χ1n) is 7.69. The molecule has 0 aromatic carbocycles. The van der Waals surface area contributed by atoms with E-state index in [1.165, 1.54) is 0 Å². The number of ether oxygens (including phenoxy) is 1. The number of nitrogens with two attached hydrogens (primary N) is 1. The molecular formula is C15H29N3O3. The first-order valence-corrected chi connectivity index (χ1v) is 7.69. The van der Waals surface area contributed by atoms with Crippen LogP contribution in [0.15, 0.2) is 0 Å². The van der Waals surface area contributed by atoms with E-state index in [1.807, 2.05) is 0 Å². The molecule has 5 unspecified atom stereocenters. The third kappa shape index (κ3) is 5.28. The Morgan fingerprint density at radius 1 is 1.29 bits per heavy atom. The van der Waals surface area contributed by atoms with Crippen molar-refractivity contribution in [2.45, 2.75) is 45.7 Å². The average Bonchev–Trinajstić information content (AvgIpc) is 2.42. The fraction of sp³-hybridized carbons (Fsp3) is 0.867. The van der Waals surface area contributed by atoms with Gasteiger partial charge < -0.3 is 21.1 Å². The fourth-order valence-corrected chi connectivity index (χ4v) is 2.86. The molecule has 0 radical (unpaired) electrons. The van der Waals surface area contributed by atoms with Gasteiger partial charge in [-0.2, -0.15) is 0 Å². The maximum atomic E-state index is 12.3. The maximum absolute atomic E-state index is 12.3. The standard InChI is InChI=1S/C15H29N3O3/c1-9-7-10(2)13(16)8-12(9)15(20)18-11(3)14(19)17-5-6-21-4/h9-13H,5-8,16H2,1-4H3,(H,17,19)(H,18,20). The van der Waals surface area contributed by atoms with Gasteiger partial charge in [0.15, 0.2) is 0 Å². The van der Waals surface area contributed by atoms with Crippen LogP contribution in [0.5, 0.6) is 0 Å². The third-order valence-corrected chi connectivity index (χ3v) is 4.38. The number of hydrogen-bond acceptors (Lipinski definition) is 4. The van der Waals surface area contributed by atoms with Crippen molar-refractivity contribution in [3.05, 3.63) is 0 Å². The lowest BCUT2D eigenvalue weighted by molar-refractivity contribution is -0.133. The van der Waals surface area contributed by atoms with Crippen molar-refractivity contribution in [3.63, 3.8) is 0 Å². The molecule has 6 heteroatoms. The van der Waals surface area contributed by atoms with Crippen LogP contribution in [0.1, 0.15) is 33.6 Å². The molecule has 0 aromatic heterocycles. The number of nitrogens with one attached hydrogen (secondary N) is 2. The molecule has 1 saturated carbocycles. The van der Waals surface area contributed by atoms with Crippen molar-refractivity contribution in [1.82, 2.24) is 10.6 Å². The van der Waals surface area contributed by atoms with Crippen LogP contribution in [0.2, 0.25) is 0 Å². The van der Waals surface area contributed by atoms with Gasteiger partial charge in [-0.25, -0.2) is 0 Å². The Bertz CT molecular complexity index is 362. The van der Waals surface area contributed by atoms with Crippen LogP contribution in [0.4, 0.5) is 0 Å². The van der Waals surface area contributed by atoms with Gasteiger partial charge in [-0.3, -0.25) is 9.59 Å². The van der Waals surface area contributed by atoms with Gasteiger partial charge in [0.05, 0.1) is 6.61 Å². The van der Waals surface area contributed by atoms with Crippen LogP contribution in [0, 0.1) is 17.8 Å². The second-order valence-corrected chi connectivity index (χ2v) is 6.21. The van der Waals surface area contributed by atoms with Gasteiger partial charge in [0, 0.05) is 25.6 Å². The molecular weight excluding hydrogens is 270 g/mol. The molecule has 1 aliphatic carbocycles. The third-order valence-electron chi connectivity index (χ3n) is 4.38. The first kappa shape index (κ1) is 17.9. The highest BCUT2D eigenvalue weighted by Gasteiger charge is 2.35. The van der Waals surface area contributed by atoms with Crippen molar-refractivity contribution in [2.75, 3.05) is 20.3 Å². The first-order chi connectivity index (χ1) is 9.86. The van der Waals surface area contributed by atoms with Crippen molar-refractivity contribution in [3.8, 4) is 0 Å². The van der Waals surface area contributed by atoms with Gasteiger partial charge in [-0.05, 0) is 31.6 Å². The monoisotopic (exact) mass is 299 g/mol. The second kappa shape index (κ2) is 8.34. The van der Waals surface area contributed by atoms with Gasteiger partial charge >= 0.3 is 0 Å². The summed E-state index contributed by atoms with van der Waals surface area (Å²) in [6.45, 7) is 6.80. The summed E-state index contributed by atoms with van der Waals surface area (Å²) in [5, 5.41) is 5.51. The van der Waals surface area contributed by atoms with E-state index in [0.717, 1.165) is 6.42 Å². The van der Waals surface area contributed by atoms with E-state index in [4.69, 9.17) is 10.5 Å². The van der Waals surface area contributed by atoms with Crippen molar-refractivity contribution in [1.29, 1.82) is 0 Å². The molecule has 0 spiro atoms. The van der Waals surface area contributed by atoms with Crippen molar-refractivity contribution < 1.29 is 14.3 Å². The summed E-state index contributed by atoms with van der Waals surface area (Å²) in [4.78, 5) is 24.2. The summed E-state index contributed by atoms with van der Waals surface area (Å²) in [6.07, 6.45) is 1.64. The Morgan fingerprint density at radius 2 is 1.95 bits per heavy atom. The van der Waals surface area contributed by atoms with Crippen molar-refractivity contribution in [2.24, 2.45) is 23.5 Å². The minimum atomic E-state index is -0.544. The van der Waals surface area contributed by atoms with E-state index in [-0.39, 0.29) is 23.8 Å². The molecule has 1 rings (SSSR count). The summed E-state index contributed by atoms with van der Waals surface area (Å²) in [6, 6.07) is -0.486. The SMILES string of the molecule is COCCNC(=O)C(C)NC(=O)C1CC(N)C(C)CC1C. The molecule has 122 valence electrons. The summed E-state index contributed by atoms with van der Waals surface area (Å²) < 4.78 is 4.87. The van der Waals surface area contributed by atoms with Gasteiger partial charge in [0.25, 0.3) is 0 Å². The predicted octanol–water partition coefficient (Wildman–Crippen LogP) is 0.263. The molecule has 4 N–H and O–H groups in total. The molecule has 6 nitrogen and oxygen atoms in total. The van der Waals surface area contributed by atoms with E-state index < -0.39 is 6.04 Å². The topological polar surface area (TPSA) is 93.5 Å². The zero-order valence-corrected chi connectivity index (χ0v) is 13.5. The Kier molecular flexibility index (Phi) is 7.11. The summed E-state index contributed by atoms with van der Waals surface area (Å²) >= 11 is 0. The lowest BCUT2D eigenvalue weighted by atomic mass is 9.72. The Morgan fingerprint density at radius 3 is 2.57 bits per heavy atom. The highest BCUT2D eigenvalue weighted by Crippen LogP contribution is 2.32. The summed E-state index contributed by atoms with van der Waals surface area (Å²) in [5.41, 5.74) is 6.07. The van der Waals surface area contributed by atoms with Gasteiger partial charge in [-0.1, -0.05) is 13.8 Å². The van der Waals surface area contributed by atoms with E-state index in [1.54, 1.807) is 14.0 Å². The number of rotatable bonds is 6. The lowest BCUT2D eigenvalue weighted by Crippen LogP contribution is -2.51. The smallest absolute Gasteiger partial charge is 0.242 e. The molecule has 5 atom stereocenters. The van der Waals surface area contributed by atoms with E-state index in [9.17, 15) is 9.59 Å². The number of carbonyl (C=O) groups excluding carboxylic acids is 2. The van der Waals surface area contributed by atoms with Gasteiger partial charge in [0.2, 0.25) is 11.8 Å². The lowest BCUT2D eigenvalue weighted by Gasteiger charge is -2.36. The van der Waals surface area contributed by atoms with E-state index in [0.29, 0.717) is 31.4 Å². The molecule has 1 aliphatic rings. The molecule has 1 fully saturated rings. The molecule has 0 heterocycles. The molecule has 0 saturated heterocycles. The van der Waals surface area contributed by atoms with Crippen LogP contribution < -0.4 is 16.4 Å². The van der Waals surface area contributed by atoms with Gasteiger partial charge in [0.1, 0.15) is 6.04 Å². The Balaban J connectivity index is 2.46. The normalized spacial score (nSPS) is 30.5. The maximum Gasteiger partial charge on any atom is 0.242 e. The molecule has 0 aromatic rings. The Hall–Kier alpha value is -1.14. The molecule has 21 heavy (non-hydrogen) atoms. The highest BCUT2D eigenvalue weighted by molar-refractivity contribution is 5.88. The highest BCUT2D eigenvalue weighted by atomic mass is 16.5. The molecule has 0 aliphatic heterocycles. The largest absolute Gasteiger partial charge is 0.383 e. The van der Waals surface area contributed by atoms with Crippen LogP contribution in [-0.4, -0.2) is 44.2 Å². The van der Waals surface area contributed by atoms with Gasteiger partial charge in [-0.15, -0.1) is 0 Å². The minimum absolute atomic E-state index is 0.0581. The number of methoxy groups -OCH3 is 1. The number of amides is 2. The predicted molar refractivity (Wildman–Crippen MR) is 81.5 cm³/mol. The van der Waals surface area contributed by atoms with Crippen LogP contribution >= 0.6 is 0 Å². The quantitative estimate of drug-likeness (QED) is 0.613. The number of hydrogen-bond donors (Lipinski definition) is 3. The minimum Gasteiger partial charge on any atom is -0.383 e. The fourth-order valence-electron chi connectivity index (χ4n) is 2.86. The Labute approximate surface area is 127 Å². The van der Waals surface area contributed by atoms with Crippen LogP contribution in [0.25, 0.3) is 0 Å². The van der Waals surface area contributed by atoms with Crippen LogP contribution in [-0.2, 0) is 14.3 Å². The van der Waals surface area contributed by atoms with E-state index in [2.05, 4.69) is 24.5 Å². The zero-order valence-electron chi connectivity index (χ0n) is 13.5. The van der Waals surface area contributed by atoms with Crippen molar-refractivity contribution >= 4 is 11.8 Å². The zero-order chi connectivity index (χ0) is 16.0. The van der Waals surface area contributed by atoms with Crippen LogP contribution in [0.3, 0.4) is 0 Å². The molecule has 2 amide bonds. The summed E-state index contributed by atoms with van der Waals surface area (Å²) in [5.74, 6) is 0.369. The number of carbonyl (C=O) groups is 2.